The molecule has 0 aromatic heterocycles. The molecular weight excluding hydrogens is 171 g/mol. The number of nitrogens with zero attached hydrogens (tertiary/aromatic N) is 1. The molecule has 0 N–H and O–H groups in total. The molecule has 0 aliphatic heterocycles. The summed E-state index contributed by atoms with van der Waals surface area (Å²) < 4.78 is 0. The molecule has 3 heteroatoms. The van der Waals surface area contributed by atoms with E-state index in [0.717, 1.165) is 0 Å². The number of hydrogen-bond donors (Lipinski definition) is 0. The summed E-state index contributed by atoms with van der Waals surface area (Å²) in [6, 6.07) is 1.80. The molecule has 0 bridgehead atoms. The van der Waals surface area contributed by atoms with E-state index < -0.39 is 0 Å². The van der Waals surface area contributed by atoms with Crippen molar-refractivity contribution in [1.82, 2.24) is 0 Å². The molecule has 0 heterocycles. The van der Waals surface area contributed by atoms with Crippen LogP contribution in [0.15, 0.2) is 0 Å². The third-order valence-electron chi connectivity index (χ3n) is 0.151. The van der Waals surface area contributed by atoms with Crippen LogP contribution in [0.4, 0.5) is 0 Å². The van der Waals surface area contributed by atoms with E-state index in [1.54, 1.807) is 6.07 Å². The summed E-state index contributed by atoms with van der Waals surface area (Å²) in [7, 11) is 0. The van der Waals surface area contributed by atoms with Gasteiger partial charge in [0, 0.05) is 38.8 Å². The van der Waals surface area contributed by atoms with Gasteiger partial charge in [-0.3, -0.25) is 0 Å². The first kappa shape index (κ1) is 9.84. The van der Waals surface area contributed by atoms with Crippen LogP contribution in [0.2, 0.25) is 0 Å². The van der Waals surface area contributed by atoms with Gasteiger partial charge in [-0.25, -0.2) is 5.26 Å². The molecule has 1 radical (unpaired) electrons. The Balaban J connectivity index is 0. The van der Waals surface area contributed by atoms with Crippen molar-refractivity contribution in [1.29, 1.82) is 5.26 Å². The van der Waals surface area contributed by atoms with Crippen LogP contribution in [0.1, 0.15) is 6.42 Å². The molecular formula is C3H2NSY-. The average molecular weight is 173 g/mol. The van der Waals surface area contributed by atoms with Gasteiger partial charge in [0.2, 0.25) is 0 Å². The Hall–Kier alpha value is 0.684. The first-order valence-electron chi connectivity index (χ1n) is 1.13. The van der Waals surface area contributed by atoms with Gasteiger partial charge in [0.25, 0.3) is 0 Å². The standard InChI is InChI=1S/C3H2NS.Y/c4-2-1-3-5;/h1H2;/q-1;. The summed E-state index contributed by atoms with van der Waals surface area (Å²) in [5, 5.41) is 9.93. The molecule has 6 heavy (non-hydrogen) atoms. The summed E-state index contributed by atoms with van der Waals surface area (Å²) in [6.45, 7) is 0. The Bertz CT molecular complexity index is 65.7. The molecule has 0 amide bonds. The van der Waals surface area contributed by atoms with Crippen LogP contribution in [0.5, 0.6) is 0 Å². The van der Waals surface area contributed by atoms with Crippen molar-refractivity contribution < 1.29 is 32.7 Å². The zero-order chi connectivity index (χ0) is 4.12. The summed E-state index contributed by atoms with van der Waals surface area (Å²) in [5.74, 6) is 0. The van der Waals surface area contributed by atoms with Crippen molar-refractivity contribution in [3.8, 4) is 6.07 Å². The second-order valence-electron chi connectivity index (χ2n) is 0.479. The maximum atomic E-state index is 7.69. The van der Waals surface area contributed by atoms with Crippen LogP contribution in [0.3, 0.4) is 0 Å². The van der Waals surface area contributed by atoms with Crippen LogP contribution in [-0.4, -0.2) is 5.37 Å². The van der Waals surface area contributed by atoms with Crippen molar-refractivity contribution in [3.63, 3.8) is 0 Å². The zero-order valence-corrected chi connectivity index (χ0v) is 6.79. The second kappa shape index (κ2) is 9.19. The Kier molecular flexibility index (Phi) is 15.1. The SMILES string of the molecule is N#CC[C-]=S.[Y]. The molecule has 0 unspecified atom stereocenters. The first-order valence-corrected chi connectivity index (χ1v) is 1.54. The van der Waals surface area contributed by atoms with Gasteiger partial charge in [-0.15, -0.1) is 0 Å². The zero-order valence-electron chi connectivity index (χ0n) is 3.14. The van der Waals surface area contributed by atoms with Gasteiger partial charge >= 0.3 is 0 Å². The van der Waals surface area contributed by atoms with Crippen molar-refractivity contribution >= 4 is 17.6 Å². The average Bonchev–Trinajstić information content (AvgIpc) is 1.41. The maximum absolute atomic E-state index is 7.69. The Morgan fingerprint density at radius 2 is 2.33 bits per heavy atom. The van der Waals surface area contributed by atoms with E-state index in [4.69, 9.17) is 5.26 Å². The van der Waals surface area contributed by atoms with Gasteiger partial charge < -0.3 is 17.6 Å². The van der Waals surface area contributed by atoms with Crippen LogP contribution in [0.25, 0.3) is 0 Å². The van der Waals surface area contributed by atoms with Gasteiger partial charge in [0.1, 0.15) is 0 Å². The van der Waals surface area contributed by atoms with E-state index in [1.807, 2.05) is 0 Å². The van der Waals surface area contributed by atoms with E-state index in [2.05, 4.69) is 17.6 Å². The minimum absolute atomic E-state index is 0. The fourth-order valence-electron chi connectivity index (χ4n) is 0.0323. The van der Waals surface area contributed by atoms with Crippen molar-refractivity contribution in [3.05, 3.63) is 0 Å². The minimum atomic E-state index is 0. The quantitative estimate of drug-likeness (QED) is 0.432. The fraction of sp³-hybridized carbons (Fsp3) is 0.333. The summed E-state index contributed by atoms with van der Waals surface area (Å²) in [6.07, 6.45) is 0.259. The van der Waals surface area contributed by atoms with E-state index in [1.165, 1.54) is 0 Å². The molecule has 0 aromatic carbocycles. The Labute approximate surface area is 67.6 Å². The molecule has 0 atom stereocenters. The molecule has 0 fully saturated rings. The first-order chi connectivity index (χ1) is 2.41. The Morgan fingerprint density at radius 3 is 2.33 bits per heavy atom. The normalized spacial score (nSPS) is 4.50. The van der Waals surface area contributed by atoms with Crippen LogP contribution in [-0.2, 0) is 32.7 Å². The number of rotatable bonds is 1. The van der Waals surface area contributed by atoms with Gasteiger partial charge in [0.15, 0.2) is 0 Å². The minimum Gasteiger partial charge on any atom is -0.410 e. The third-order valence-corrected chi connectivity index (χ3v) is 0.296. The van der Waals surface area contributed by atoms with Crippen LogP contribution in [0, 0.1) is 11.3 Å². The predicted molar refractivity (Wildman–Crippen MR) is 22.8 cm³/mol. The molecule has 0 aliphatic rings. The molecule has 0 aliphatic carbocycles. The van der Waals surface area contributed by atoms with E-state index in [-0.39, 0.29) is 39.1 Å². The van der Waals surface area contributed by atoms with Crippen molar-refractivity contribution in [2.75, 3.05) is 0 Å². The van der Waals surface area contributed by atoms with E-state index in [9.17, 15) is 0 Å². The predicted octanol–water partition coefficient (Wildman–Crippen LogP) is 0.774. The van der Waals surface area contributed by atoms with E-state index >= 15 is 0 Å². The molecule has 0 spiro atoms. The molecule has 0 saturated heterocycles. The van der Waals surface area contributed by atoms with Crippen molar-refractivity contribution in [2.24, 2.45) is 0 Å². The summed E-state index contributed by atoms with van der Waals surface area (Å²) in [4.78, 5) is 0. The van der Waals surface area contributed by atoms with Gasteiger partial charge in [-0.2, -0.15) is 0 Å². The molecule has 0 rings (SSSR count). The van der Waals surface area contributed by atoms with Gasteiger partial charge in [0.05, 0.1) is 0 Å². The van der Waals surface area contributed by atoms with Gasteiger partial charge in [-0.1, -0.05) is 6.42 Å². The number of nitriles is 1. The molecule has 0 saturated carbocycles. The molecule has 29 valence electrons. The largest absolute Gasteiger partial charge is 0.410 e. The van der Waals surface area contributed by atoms with Crippen LogP contribution >= 0.6 is 12.2 Å². The summed E-state index contributed by atoms with van der Waals surface area (Å²) >= 11 is 4.18. The van der Waals surface area contributed by atoms with Gasteiger partial charge in [-0.05, 0) is 0 Å². The summed E-state index contributed by atoms with van der Waals surface area (Å²) in [5.41, 5.74) is 0. The van der Waals surface area contributed by atoms with Crippen LogP contribution < -0.4 is 0 Å². The number of hydrogen-bond acceptors (Lipinski definition) is 2. The molecule has 0 aromatic rings. The fourth-order valence-corrected chi connectivity index (χ4v) is 0.0968. The maximum Gasteiger partial charge on any atom is 0.0310 e. The topological polar surface area (TPSA) is 23.8 Å². The smallest absolute Gasteiger partial charge is 0.0310 e. The number of thiocarbonyl (C=S) groups is 1. The monoisotopic (exact) mass is 173 g/mol. The van der Waals surface area contributed by atoms with Crippen molar-refractivity contribution in [2.45, 2.75) is 6.42 Å². The van der Waals surface area contributed by atoms with E-state index in [0.29, 0.717) is 0 Å². The molecule has 1 nitrogen and oxygen atoms in total. The third kappa shape index (κ3) is 8.82. The Morgan fingerprint density at radius 1 is 1.83 bits per heavy atom. The second-order valence-corrected chi connectivity index (χ2v) is 0.768.